The second-order valence-electron chi connectivity index (χ2n) is 2.06. The first-order valence-corrected chi connectivity index (χ1v) is 10.2. The second kappa shape index (κ2) is 11.0. The number of rotatable bonds is 1. The van der Waals surface area contributed by atoms with E-state index in [9.17, 15) is 0 Å². The monoisotopic (exact) mass is 314 g/mol. The minimum atomic E-state index is -1.34. The lowest BCUT2D eigenvalue weighted by Gasteiger charge is -1.94. The highest BCUT2D eigenvalue weighted by atomic mass is 33.3. The highest BCUT2D eigenvalue weighted by Gasteiger charge is 2.07. The Hall–Kier alpha value is 0.525. The average molecular weight is 314 g/mol. The summed E-state index contributed by atoms with van der Waals surface area (Å²) in [6, 6.07) is 8.66. The molecule has 9 heteroatoms. The lowest BCUT2D eigenvalue weighted by molar-refractivity contribution is 0.426. The topological polar surface area (TPSA) is 40.5 Å². The lowest BCUT2D eigenvalue weighted by Crippen LogP contribution is -2.29. The molecule has 1 rings (SSSR count). The van der Waals surface area contributed by atoms with Gasteiger partial charge in [-0.2, -0.15) is 0 Å². The summed E-state index contributed by atoms with van der Waals surface area (Å²) < 4.78 is 0. The third-order valence-electron chi connectivity index (χ3n) is 1.18. The molecule has 0 amide bonds. The van der Waals surface area contributed by atoms with E-state index in [0.29, 0.717) is 5.46 Å². The molecular formula is C6H7BO2S6. The lowest BCUT2D eigenvalue weighted by atomic mass is 9.81. The van der Waals surface area contributed by atoms with Crippen LogP contribution in [0.1, 0.15) is 0 Å². The normalized spacial score (nSPS) is 7.87. The molecule has 0 heterocycles. The Kier molecular flexibility index (Phi) is 11.4. The van der Waals surface area contributed by atoms with Gasteiger partial charge in [-0.25, -0.2) is 0 Å². The summed E-state index contributed by atoms with van der Waals surface area (Å²) in [5.41, 5.74) is 0.525. The van der Waals surface area contributed by atoms with Crippen LogP contribution in [0, 0.1) is 0 Å². The standard InChI is InChI=1S/C6H7BO2.S6/c8-7(9)6-4-2-1-3-5-6;1-3-5-6-4-2/h1-5,8-9H;. The van der Waals surface area contributed by atoms with Crippen molar-refractivity contribution in [3.8, 4) is 0 Å². The van der Waals surface area contributed by atoms with Crippen LogP contribution in [0.25, 0.3) is 0 Å². The van der Waals surface area contributed by atoms with E-state index in [1.807, 2.05) is 6.07 Å². The van der Waals surface area contributed by atoms with Crippen molar-refractivity contribution in [1.29, 1.82) is 0 Å². The molecule has 1 aromatic carbocycles. The van der Waals surface area contributed by atoms with Gasteiger partial charge in [-0.05, 0) is 5.46 Å². The molecule has 82 valence electrons. The Balaban J connectivity index is 0.000000288. The molecule has 0 spiro atoms. The van der Waals surface area contributed by atoms with E-state index >= 15 is 0 Å². The smallest absolute Gasteiger partial charge is 0.423 e. The Labute approximate surface area is 110 Å². The zero-order chi connectivity index (χ0) is 11.5. The summed E-state index contributed by atoms with van der Waals surface area (Å²) in [5, 5.41) is 17.2. The molecule has 0 fully saturated rings. The van der Waals surface area contributed by atoms with Crippen LogP contribution in [-0.2, 0) is 57.9 Å². The molecule has 0 unspecified atom stereocenters. The second-order valence-corrected chi connectivity index (χ2v) is 9.13. The van der Waals surface area contributed by atoms with E-state index in [1.165, 1.54) is 35.5 Å². The van der Waals surface area contributed by atoms with Crippen LogP contribution in [0.15, 0.2) is 30.3 Å². The van der Waals surface area contributed by atoms with Gasteiger partial charge in [0.25, 0.3) is 0 Å². The van der Waals surface area contributed by atoms with Crippen molar-refractivity contribution < 1.29 is 10.0 Å². The van der Waals surface area contributed by atoms with E-state index in [0.717, 1.165) is 0 Å². The van der Waals surface area contributed by atoms with Gasteiger partial charge < -0.3 is 10.0 Å². The third-order valence-corrected chi connectivity index (χ3v) is 7.85. The van der Waals surface area contributed by atoms with Crippen LogP contribution < -0.4 is 5.46 Å². The van der Waals surface area contributed by atoms with Crippen molar-refractivity contribution in [3.05, 3.63) is 30.3 Å². The minimum Gasteiger partial charge on any atom is -0.423 e. The Morgan fingerprint density at radius 3 is 1.67 bits per heavy atom. The fraction of sp³-hybridized carbons (Fsp3) is 0. The maximum atomic E-state index is 8.58. The Bertz CT molecular complexity index is 406. The van der Waals surface area contributed by atoms with E-state index in [1.54, 1.807) is 24.3 Å². The van der Waals surface area contributed by atoms with E-state index in [4.69, 9.17) is 10.0 Å². The molecule has 2 N–H and O–H groups in total. The molecule has 15 heavy (non-hydrogen) atoms. The number of benzene rings is 1. The zero-order valence-electron chi connectivity index (χ0n) is 7.31. The first kappa shape index (κ1) is 15.5. The van der Waals surface area contributed by atoms with Crippen LogP contribution in [0.4, 0.5) is 0 Å². The molecule has 0 saturated heterocycles. The van der Waals surface area contributed by atoms with E-state index in [2.05, 4.69) is 22.4 Å². The fourth-order valence-electron chi connectivity index (χ4n) is 0.648. The summed E-state index contributed by atoms with van der Waals surface area (Å²) in [5.74, 6) is 0. The Morgan fingerprint density at radius 1 is 0.933 bits per heavy atom. The SMILES string of the molecule is OB(O)c1ccccc1.S=S=S=S=S=S. The van der Waals surface area contributed by atoms with Gasteiger partial charge in [-0.15, -0.1) is 0 Å². The van der Waals surface area contributed by atoms with Crippen LogP contribution in [0.2, 0.25) is 0 Å². The molecule has 2 nitrogen and oxygen atoms in total. The van der Waals surface area contributed by atoms with Gasteiger partial charge in [0.2, 0.25) is 0 Å². The van der Waals surface area contributed by atoms with Crippen molar-refractivity contribution in [2.45, 2.75) is 0 Å². The molecule has 0 atom stereocenters. The summed E-state index contributed by atoms with van der Waals surface area (Å²) in [6.07, 6.45) is 0. The van der Waals surface area contributed by atoms with Crippen LogP contribution in [0.3, 0.4) is 0 Å². The van der Waals surface area contributed by atoms with Crippen LogP contribution >= 0.6 is 0 Å². The quantitative estimate of drug-likeness (QED) is 0.676. The molecule has 0 bridgehead atoms. The van der Waals surface area contributed by atoms with Crippen LogP contribution in [-0.4, -0.2) is 17.2 Å². The highest BCUT2D eigenvalue weighted by molar-refractivity contribution is 8.64. The fourth-order valence-corrected chi connectivity index (χ4v) is 6.14. The minimum absolute atomic E-state index is 0.525. The van der Waals surface area contributed by atoms with Crippen LogP contribution in [0.5, 0.6) is 0 Å². The summed E-state index contributed by atoms with van der Waals surface area (Å²) >= 11 is 9.03. The van der Waals surface area contributed by atoms with Gasteiger partial charge in [0.1, 0.15) is 0 Å². The van der Waals surface area contributed by atoms with Crippen molar-refractivity contribution >= 4 is 70.5 Å². The molecule has 1 aromatic rings. The summed E-state index contributed by atoms with van der Waals surface area (Å²) in [4.78, 5) is 0. The van der Waals surface area contributed by atoms with Gasteiger partial charge in [-0.1, -0.05) is 30.3 Å². The van der Waals surface area contributed by atoms with Crippen molar-refractivity contribution in [1.82, 2.24) is 0 Å². The molecule has 0 aliphatic heterocycles. The van der Waals surface area contributed by atoms with Gasteiger partial charge in [-0.3, -0.25) is 0 Å². The van der Waals surface area contributed by atoms with Gasteiger partial charge in [0.15, 0.2) is 0 Å². The first-order valence-electron chi connectivity index (χ1n) is 3.55. The maximum absolute atomic E-state index is 8.58. The average Bonchev–Trinajstić information content (AvgIpc) is 2.28. The number of hydrogen-bond donors (Lipinski definition) is 2. The van der Waals surface area contributed by atoms with Gasteiger partial charge >= 0.3 is 7.12 Å². The predicted octanol–water partition coefficient (Wildman–Crippen LogP) is -0.648. The van der Waals surface area contributed by atoms with Gasteiger partial charge in [0, 0.05) is 57.9 Å². The number of hydrogen-bond acceptors (Lipinski definition) is 4. The molecule has 0 aliphatic carbocycles. The van der Waals surface area contributed by atoms with E-state index < -0.39 is 7.12 Å². The summed E-state index contributed by atoms with van der Waals surface area (Å²) in [7, 11) is 4.29. The molecule has 0 aromatic heterocycles. The van der Waals surface area contributed by atoms with E-state index in [-0.39, 0.29) is 0 Å². The first-order chi connectivity index (χ1) is 7.22. The maximum Gasteiger partial charge on any atom is 0.488 e. The van der Waals surface area contributed by atoms with Crippen molar-refractivity contribution in [3.63, 3.8) is 0 Å². The predicted molar refractivity (Wildman–Crippen MR) is 80.5 cm³/mol. The van der Waals surface area contributed by atoms with Crippen molar-refractivity contribution in [2.75, 3.05) is 0 Å². The highest BCUT2D eigenvalue weighted by Crippen LogP contribution is 1.82. The molecule has 0 aliphatic rings. The molecule has 0 saturated carbocycles. The zero-order valence-corrected chi connectivity index (χ0v) is 12.2. The van der Waals surface area contributed by atoms with Crippen molar-refractivity contribution in [2.24, 2.45) is 0 Å². The summed E-state index contributed by atoms with van der Waals surface area (Å²) in [6.45, 7) is 0. The largest absolute Gasteiger partial charge is 0.488 e. The third kappa shape index (κ3) is 9.45. The Morgan fingerprint density at radius 2 is 1.40 bits per heavy atom. The molecular weight excluding hydrogens is 307 g/mol. The molecule has 0 radical (unpaired) electrons. The van der Waals surface area contributed by atoms with Gasteiger partial charge in [0.05, 0.1) is 0 Å².